The zero-order valence-electron chi connectivity index (χ0n) is 17.6. The predicted octanol–water partition coefficient (Wildman–Crippen LogP) is 5.02. The van der Waals surface area contributed by atoms with Gasteiger partial charge in [-0.05, 0) is 42.3 Å². The Kier molecular flexibility index (Phi) is 11.0. The number of amides is 1. The maximum Gasteiger partial charge on any atom is 0.225 e. The van der Waals surface area contributed by atoms with Crippen LogP contribution in [0.15, 0.2) is 79.0 Å². The molecule has 1 aromatic heterocycles. The van der Waals surface area contributed by atoms with Gasteiger partial charge in [-0.2, -0.15) is 0 Å². The van der Waals surface area contributed by atoms with E-state index in [2.05, 4.69) is 10.3 Å². The van der Waals surface area contributed by atoms with Crippen molar-refractivity contribution in [1.82, 2.24) is 10.3 Å². The molecule has 3 unspecified atom stereocenters. The first-order valence-electron chi connectivity index (χ1n) is 9.78. The molecule has 3 N–H and O–H groups in total. The van der Waals surface area contributed by atoms with Crippen LogP contribution in [0.5, 0.6) is 5.75 Å². The van der Waals surface area contributed by atoms with Crippen LogP contribution in [-0.2, 0) is 11.4 Å². The van der Waals surface area contributed by atoms with Crippen LogP contribution in [0, 0.1) is 5.92 Å². The Morgan fingerprint density at radius 2 is 1.65 bits per heavy atom. The van der Waals surface area contributed by atoms with Crippen LogP contribution < -0.4 is 15.8 Å². The Labute approximate surface area is 196 Å². The Morgan fingerprint density at radius 3 is 2.32 bits per heavy atom. The number of hydrogen-bond acceptors (Lipinski definition) is 4. The molecule has 0 aliphatic carbocycles. The van der Waals surface area contributed by atoms with E-state index in [9.17, 15) is 4.79 Å². The lowest BCUT2D eigenvalue weighted by atomic mass is 9.94. The predicted molar refractivity (Wildman–Crippen MR) is 129 cm³/mol. The Balaban J connectivity index is 0.00000240. The third-order valence-corrected chi connectivity index (χ3v) is 4.97. The number of nitrogens with two attached hydrogens (primary N) is 1. The van der Waals surface area contributed by atoms with Crippen LogP contribution >= 0.6 is 24.8 Å². The molecule has 1 amide bonds. The lowest BCUT2D eigenvalue weighted by Crippen LogP contribution is -2.36. The van der Waals surface area contributed by atoms with Crippen molar-refractivity contribution in [1.29, 1.82) is 0 Å². The number of pyridine rings is 1. The second-order valence-electron chi connectivity index (χ2n) is 7.14. The van der Waals surface area contributed by atoms with Gasteiger partial charge in [0.1, 0.15) is 12.4 Å². The first-order valence-corrected chi connectivity index (χ1v) is 9.78. The largest absolute Gasteiger partial charge is 0.487 e. The van der Waals surface area contributed by atoms with Gasteiger partial charge in [0.05, 0.1) is 17.7 Å². The van der Waals surface area contributed by atoms with Crippen LogP contribution in [0.3, 0.4) is 0 Å². The van der Waals surface area contributed by atoms with E-state index in [0.717, 1.165) is 22.6 Å². The number of nitrogens with zero attached hydrogens (tertiary/aromatic N) is 1. The summed E-state index contributed by atoms with van der Waals surface area (Å²) in [7, 11) is 0. The van der Waals surface area contributed by atoms with Gasteiger partial charge in [-0.1, -0.05) is 55.5 Å². The number of halogens is 2. The molecule has 1 heterocycles. The fourth-order valence-corrected chi connectivity index (χ4v) is 3.07. The average Bonchev–Trinajstić information content (AvgIpc) is 2.78. The lowest BCUT2D eigenvalue weighted by Gasteiger charge is -2.23. The van der Waals surface area contributed by atoms with Crippen molar-refractivity contribution in [3.8, 4) is 5.75 Å². The van der Waals surface area contributed by atoms with E-state index < -0.39 is 0 Å². The summed E-state index contributed by atoms with van der Waals surface area (Å²) in [6.07, 6.45) is 1.74. The molecule has 0 aliphatic rings. The summed E-state index contributed by atoms with van der Waals surface area (Å²) >= 11 is 0. The molecule has 0 saturated heterocycles. The minimum absolute atomic E-state index is 0. The van der Waals surface area contributed by atoms with Crippen molar-refractivity contribution >= 4 is 30.7 Å². The molecule has 31 heavy (non-hydrogen) atoms. The third kappa shape index (κ3) is 7.55. The minimum atomic E-state index is -0.351. The van der Waals surface area contributed by atoms with Gasteiger partial charge in [0, 0.05) is 12.2 Å². The SMILES string of the molecule is CC(NC(=O)C(C)C(N)c1ccccc1)c1cccc(OCc2ccccn2)c1.Cl.Cl. The van der Waals surface area contributed by atoms with Crippen molar-refractivity contribution in [3.05, 3.63) is 95.8 Å². The maximum atomic E-state index is 12.7. The molecule has 0 fully saturated rings. The standard InChI is InChI=1S/C24H27N3O2.2ClH/c1-17(23(25)19-9-4-3-5-10-19)24(28)27-18(2)20-11-8-13-22(15-20)29-16-21-12-6-7-14-26-21;;/h3-15,17-18,23H,16,25H2,1-2H3,(H,27,28);2*1H. The van der Waals surface area contributed by atoms with Crippen LogP contribution in [0.25, 0.3) is 0 Å². The van der Waals surface area contributed by atoms with E-state index in [1.165, 1.54) is 0 Å². The molecule has 166 valence electrons. The van der Waals surface area contributed by atoms with E-state index in [1.54, 1.807) is 6.20 Å². The van der Waals surface area contributed by atoms with Gasteiger partial charge in [0.15, 0.2) is 0 Å². The summed E-state index contributed by atoms with van der Waals surface area (Å²) in [5, 5.41) is 3.06. The molecule has 3 atom stereocenters. The number of aromatic nitrogens is 1. The van der Waals surface area contributed by atoms with E-state index >= 15 is 0 Å². The zero-order valence-corrected chi connectivity index (χ0v) is 19.2. The summed E-state index contributed by atoms with van der Waals surface area (Å²) in [4.78, 5) is 17.0. The van der Waals surface area contributed by atoms with E-state index in [1.807, 2.05) is 86.6 Å². The van der Waals surface area contributed by atoms with Crippen LogP contribution in [-0.4, -0.2) is 10.9 Å². The average molecular weight is 462 g/mol. The van der Waals surface area contributed by atoms with E-state index in [4.69, 9.17) is 10.5 Å². The van der Waals surface area contributed by atoms with Crippen LogP contribution in [0.2, 0.25) is 0 Å². The molecule has 5 nitrogen and oxygen atoms in total. The summed E-state index contributed by atoms with van der Waals surface area (Å²) in [5.41, 5.74) is 9.07. The summed E-state index contributed by atoms with van der Waals surface area (Å²) in [5.74, 6) is 0.320. The highest BCUT2D eigenvalue weighted by Crippen LogP contribution is 2.23. The van der Waals surface area contributed by atoms with Crippen molar-refractivity contribution < 1.29 is 9.53 Å². The number of carbonyl (C=O) groups excluding carboxylic acids is 1. The number of hydrogen-bond donors (Lipinski definition) is 2. The molecule has 0 spiro atoms. The highest BCUT2D eigenvalue weighted by Gasteiger charge is 2.23. The normalized spacial score (nSPS) is 13.0. The lowest BCUT2D eigenvalue weighted by molar-refractivity contribution is -0.125. The Bertz CT molecular complexity index is 926. The summed E-state index contributed by atoms with van der Waals surface area (Å²) in [6, 6.07) is 22.6. The third-order valence-electron chi connectivity index (χ3n) is 4.97. The fraction of sp³-hybridized carbons (Fsp3) is 0.250. The monoisotopic (exact) mass is 461 g/mol. The second-order valence-corrected chi connectivity index (χ2v) is 7.14. The van der Waals surface area contributed by atoms with Gasteiger partial charge in [0.2, 0.25) is 5.91 Å². The highest BCUT2D eigenvalue weighted by molar-refractivity contribution is 5.85. The van der Waals surface area contributed by atoms with Crippen LogP contribution in [0.1, 0.15) is 42.8 Å². The fourth-order valence-electron chi connectivity index (χ4n) is 3.07. The number of rotatable bonds is 8. The number of ether oxygens (including phenoxy) is 1. The molecular formula is C24H29Cl2N3O2. The van der Waals surface area contributed by atoms with E-state index in [-0.39, 0.29) is 48.7 Å². The summed E-state index contributed by atoms with van der Waals surface area (Å²) in [6.45, 7) is 4.20. The van der Waals surface area contributed by atoms with Crippen molar-refractivity contribution in [2.75, 3.05) is 0 Å². The zero-order chi connectivity index (χ0) is 20.6. The molecule has 2 aromatic carbocycles. The smallest absolute Gasteiger partial charge is 0.225 e. The first-order chi connectivity index (χ1) is 14.0. The molecule has 0 bridgehead atoms. The number of nitrogens with one attached hydrogen (secondary N) is 1. The van der Waals surface area contributed by atoms with Gasteiger partial charge in [-0.25, -0.2) is 0 Å². The topological polar surface area (TPSA) is 77.2 Å². The number of benzene rings is 2. The highest BCUT2D eigenvalue weighted by atomic mass is 35.5. The quantitative estimate of drug-likeness (QED) is 0.493. The summed E-state index contributed by atoms with van der Waals surface area (Å²) < 4.78 is 5.84. The maximum absolute atomic E-state index is 12.7. The molecule has 0 radical (unpaired) electrons. The van der Waals surface area contributed by atoms with Gasteiger partial charge >= 0.3 is 0 Å². The molecule has 0 saturated carbocycles. The van der Waals surface area contributed by atoms with Crippen molar-refractivity contribution in [3.63, 3.8) is 0 Å². The van der Waals surface area contributed by atoms with Crippen molar-refractivity contribution in [2.24, 2.45) is 11.7 Å². The number of carbonyl (C=O) groups is 1. The molecule has 7 heteroatoms. The minimum Gasteiger partial charge on any atom is -0.487 e. The van der Waals surface area contributed by atoms with E-state index in [0.29, 0.717) is 6.61 Å². The molecule has 3 aromatic rings. The second kappa shape index (κ2) is 13.0. The van der Waals surface area contributed by atoms with Gasteiger partial charge in [0.25, 0.3) is 0 Å². The van der Waals surface area contributed by atoms with Crippen molar-refractivity contribution in [2.45, 2.75) is 32.5 Å². The Hall–Kier alpha value is -2.60. The van der Waals surface area contributed by atoms with Gasteiger partial charge in [-0.15, -0.1) is 24.8 Å². The molecule has 3 rings (SSSR count). The molecule has 0 aliphatic heterocycles. The van der Waals surface area contributed by atoms with Gasteiger partial charge < -0.3 is 15.8 Å². The Morgan fingerprint density at radius 1 is 0.968 bits per heavy atom. The molecular weight excluding hydrogens is 433 g/mol. The van der Waals surface area contributed by atoms with Gasteiger partial charge in [-0.3, -0.25) is 9.78 Å². The van der Waals surface area contributed by atoms with Crippen LogP contribution in [0.4, 0.5) is 0 Å². The first kappa shape index (κ1) is 26.4.